The Balaban J connectivity index is 2.89. The third-order valence-corrected chi connectivity index (χ3v) is 2.97. The van der Waals surface area contributed by atoms with Gasteiger partial charge in [-0.2, -0.15) is 0 Å². The molecule has 0 bridgehead atoms. The van der Waals surface area contributed by atoms with Crippen LogP contribution in [0.25, 0.3) is 0 Å². The molecule has 4 nitrogen and oxygen atoms in total. The van der Waals surface area contributed by atoms with E-state index < -0.39 is 4.32 Å². The standard InChI is InChI=1S/C14H19BrN2O2/c1-5-16-12(18)10-6-7-11(9(2)8-10)17-13(19)14(3,4)15/h6-8H,5H2,1-4H3,(H,16,18)(H,17,19). The Hall–Kier alpha value is -1.36. The van der Waals surface area contributed by atoms with Crippen LogP contribution in [0.1, 0.15) is 36.7 Å². The van der Waals surface area contributed by atoms with E-state index >= 15 is 0 Å². The van der Waals surface area contributed by atoms with Crippen molar-refractivity contribution in [2.45, 2.75) is 32.0 Å². The number of carbonyl (C=O) groups excluding carboxylic acids is 2. The van der Waals surface area contributed by atoms with Crippen LogP contribution in [0.15, 0.2) is 18.2 Å². The minimum absolute atomic E-state index is 0.107. The third-order valence-electron chi connectivity index (χ3n) is 2.61. The van der Waals surface area contributed by atoms with Crippen LogP contribution in [-0.4, -0.2) is 22.7 Å². The zero-order valence-electron chi connectivity index (χ0n) is 11.6. The summed E-state index contributed by atoms with van der Waals surface area (Å²) in [5, 5.41) is 5.57. The molecule has 0 aliphatic carbocycles. The monoisotopic (exact) mass is 326 g/mol. The van der Waals surface area contributed by atoms with Crippen LogP contribution < -0.4 is 10.6 Å². The van der Waals surface area contributed by atoms with Crippen molar-refractivity contribution in [1.29, 1.82) is 0 Å². The van der Waals surface area contributed by atoms with Crippen molar-refractivity contribution in [2.24, 2.45) is 0 Å². The summed E-state index contributed by atoms with van der Waals surface area (Å²) in [6.45, 7) is 7.88. The molecule has 0 fully saturated rings. The second kappa shape index (κ2) is 6.19. The van der Waals surface area contributed by atoms with E-state index in [1.165, 1.54) is 0 Å². The van der Waals surface area contributed by atoms with Crippen LogP contribution in [0.2, 0.25) is 0 Å². The van der Waals surface area contributed by atoms with Crippen molar-refractivity contribution in [3.8, 4) is 0 Å². The number of carbonyl (C=O) groups is 2. The minimum atomic E-state index is -0.627. The molecular formula is C14H19BrN2O2. The van der Waals surface area contributed by atoms with E-state index in [9.17, 15) is 9.59 Å². The molecule has 0 unspecified atom stereocenters. The van der Waals surface area contributed by atoms with Gasteiger partial charge in [0.1, 0.15) is 0 Å². The summed E-state index contributed by atoms with van der Waals surface area (Å²) in [5.74, 6) is -0.231. The lowest BCUT2D eigenvalue weighted by Gasteiger charge is -2.17. The smallest absolute Gasteiger partial charge is 0.251 e. The van der Waals surface area contributed by atoms with Gasteiger partial charge in [0.15, 0.2) is 0 Å². The van der Waals surface area contributed by atoms with E-state index in [-0.39, 0.29) is 11.8 Å². The Morgan fingerprint density at radius 2 is 1.95 bits per heavy atom. The number of amides is 2. The van der Waals surface area contributed by atoms with Crippen molar-refractivity contribution in [2.75, 3.05) is 11.9 Å². The quantitative estimate of drug-likeness (QED) is 0.836. The first-order chi connectivity index (χ1) is 8.75. The van der Waals surface area contributed by atoms with Gasteiger partial charge in [-0.25, -0.2) is 0 Å². The number of halogens is 1. The summed E-state index contributed by atoms with van der Waals surface area (Å²) < 4.78 is -0.627. The average Bonchev–Trinajstić information content (AvgIpc) is 2.30. The molecule has 104 valence electrons. The van der Waals surface area contributed by atoms with Crippen LogP contribution in [0.4, 0.5) is 5.69 Å². The van der Waals surface area contributed by atoms with Crippen molar-refractivity contribution >= 4 is 33.4 Å². The molecule has 5 heteroatoms. The molecule has 1 aromatic carbocycles. The van der Waals surface area contributed by atoms with Gasteiger partial charge < -0.3 is 10.6 Å². The van der Waals surface area contributed by atoms with Crippen LogP contribution in [0.5, 0.6) is 0 Å². The molecule has 2 N–H and O–H groups in total. The molecule has 0 aliphatic rings. The Kier molecular flexibility index (Phi) is 5.11. The second-order valence-electron chi connectivity index (χ2n) is 4.82. The number of aryl methyl sites for hydroxylation is 1. The van der Waals surface area contributed by atoms with E-state index in [2.05, 4.69) is 26.6 Å². The highest BCUT2D eigenvalue weighted by Crippen LogP contribution is 2.22. The predicted octanol–water partition coefficient (Wildman–Crippen LogP) is 2.86. The molecular weight excluding hydrogens is 308 g/mol. The Morgan fingerprint density at radius 3 is 2.42 bits per heavy atom. The molecule has 1 aromatic rings. The van der Waals surface area contributed by atoms with Gasteiger partial charge in [-0.1, -0.05) is 15.9 Å². The first kappa shape index (κ1) is 15.7. The molecule has 2 amide bonds. The van der Waals surface area contributed by atoms with E-state index in [4.69, 9.17) is 0 Å². The number of hydrogen-bond acceptors (Lipinski definition) is 2. The lowest BCUT2D eigenvalue weighted by atomic mass is 10.1. The highest BCUT2D eigenvalue weighted by atomic mass is 79.9. The van der Waals surface area contributed by atoms with E-state index in [1.54, 1.807) is 32.0 Å². The predicted molar refractivity (Wildman–Crippen MR) is 80.8 cm³/mol. The molecule has 0 saturated heterocycles. The first-order valence-electron chi connectivity index (χ1n) is 6.15. The first-order valence-corrected chi connectivity index (χ1v) is 6.94. The van der Waals surface area contributed by atoms with Gasteiger partial charge in [0, 0.05) is 17.8 Å². The zero-order valence-corrected chi connectivity index (χ0v) is 13.2. The van der Waals surface area contributed by atoms with Gasteiger partial charge in [-0.15, -0.1) is 0 Å². The molecule has 0 aliphatic heterocycles. The normalized spacial score (nSPS) is 11.0. The van der Waals surface area contributed by atoms with Crippen LogP contribution >= 0.6 is 15.9 Å². The van der Waals surface area contributed by atoms with E-state index in [1.807, 2.05) is 13.8 Å². The number of hydrogen-bond donors (Lipinski definition) is 2. The topological polar surface area (TPSA) is 58.2 Å². The summed E-state index contributed by atoms with van der Waals surface area (Å²) in [6.07, 6.45) is 0. The molecule has 0 atom stereocenters. The minimum Gasteiger partial charge on any atom is -0.352 e. The van der Waals surface area contributed by atoms with Gasteiger partial charge in [-0.3, -0.25) is 9.59 Å². The van der Waals surface area contributed by atoms with Gasteiger partial charge in [0.05, 0.1) is 4.32 Å². The highest BCUT2D eigenvalue weighted by molar-refractivity contribution is 9.10. The van der Waals surface area contributed by atoms with Crippen molar-refractivity contribution < 1.29 is 9.59 Å². The van der Waals surface area contributed by atoms with Gasteiger partial charge in [0.25, 0.3) is 5.91 Å². The van der Waals surface area contributed by atoms with Crippen LogP contribution in [0.3, 0.4) is 0 Å². The molecule has 0 radical (unpaired) electrons. The molecule has 1 rings (SSSR count). The van der Waals surface area contributed by atoms with Gasteiger partial charge in [-0.05, 0) is 51.5 Å². The van der Waals surface area contributed by atoms with Gasteiger partial charge >= 0.3 is 0 Å². The fraction of sp³-hybridized carbons (Fsp3) is 0.429. The third kappa shape index (κ3) is 4.35. The zero-order chi connectivity index (χ0) is 14.6. The van der Waals surface area contributed by atoms with Crippen molar-refractivity contribution in [1.82, 2.24) is 5.32 Å². The van der Waals surface area contributed by atoms with Crippen molar-refractivity contribution in [3.63, 3.8) is 0 Å². The number of benzene rings is 1. The van der Waals surface area contributed by atoms with E-state index in [0.29, 0.717) is 17.8 Å². The van der Waals surface area contributed by atoms with Crippen molar-refractivity contribution in [3.05, 3.63) is 29.3 Å². The number of anilines is 1. The van der Waals surface area contributed by atoms with Crippen LogP contribution in [0, 0.1) is 6.92 Å². The largest absolute Gasteiger partial charge is 0.352 e. The number of rotatable bonds is 4. The summed E-state index contributed by atoms with van der Waals surface area (Å²) in [7, 11) is 0. The molecule has 0 spiro atoms. The number of nitrogens with one attached hydrogen (secondary N) is 2. The fourth-order valence-corrected chi connectivity index (χ4v) is 1.58. The SMILES string of the molecule is CCNC(=O)c1ccc(NC(=O)C(C)(C)Br)c(C)c1. The maximum atomic E-state index is 11.9. The molecule has 19 heavy (non-hydrogen) atoms. The molecule has 0 saturated carbocycles. The molecule has 0 aromatic heterocycles. The fourth-order valence-electron chi connectivity index (χ4n) is 1.48. The lowest BCUT2D eigenvalue weighted by molar-refractivity contribution is -0.117. The Bertz CT molecular complexity index is 493. The highest BCUT2D eigenvalue weighted by Gasteiger charge is 2.24. The van der Waals surface area contributed by atoms with Gasteiger partial charge in [0.2, 0.25) is 5.91 Å². The maximum absolute atomic E-state index is 11.9. The average molecular weight is 327 g/mol. The molecule has 0 heterocycles. The van der Waals surface area contributed by atoms with E-state index in [0.717, 1.165) is 5.56 Å². The second-order valence-corrected chi connectivity index (χ2v) is 6.80. The Labute approximate surface area is 122 Å². The lowest BCUT2D eigenvalue weighted by Crippen LogP contribution is -2.31. The summed E-state index contributed by atoms with van der Waals surface area (Å²) >= 11 is 3.31. The van der Waals surface area contributed by atoms with Crippen LogP contribution in [-0.2, 0) is 4.79 Å². The summed E-state index contributed by atoms with van der Waals surface area (Å²) in [5.41, 5.74) is 2.16. The Morgan fingerprint density at radius 1 is 1.32 bits per heavy atom. The maximum Gasteiger partial charge on any atom is 0.251 e. The summed E-state index contributed by atoms with van der Waals surface area (Å²) in [4.78, 5) is 23.6. The summed E-state index contributed by atoms with van der Waals surface area (Å²) in [6, 6.07) is 5.22. The number of alkyl halides is 1.